The summed E-state index contributed by atoms with van der Waals surface area (Å²) >= 11 is 0.946. The zero-order valence-electron chi connectivity index (χ0n) is 12.3. The average Bonchev–Trinajstić information content (AvgIpc) is 2.58. The van der Waals surface area contributed by atoms with Gasteiger partial charge in [0.25, 0.3) is 5.69 Å². The lowest BCUT2D eigenvalue weighted by molar-refractivity contribution is -0.387. The Hall–Kier alpha value is -2.74. The molecule has 2 rings (SSSR count). The highest BCUT2D eigenvalue weighted by Gasteiger charge is 2.16. The Kier molecular flexibility index (Phi) is 6.02. The molecular weight excluding hydrogens is 337 g/mol. The number of benzene rings is 2. The fraction of sp³-hybridized carbons (Fsp3) is 0.125. The zero-order chi connectivity index (χ0) is 17.5. The Labute approximate surface area is 140 Å². The number of ether oxygens (including phenoxy) is 1. The topological polar surface area (TPSA) is 86.5 Å². The monoisotopic (exact) mass is 349 g/mol. The van der Waals surface area contributed by atoms with Crippen LogP contribution >= 0.6 is 11.8 Å². The first-order chi connectivity index (χ1) is 11.5. The highest BCUT2D eigenvalue weighted by Crippen LogP contribution is 2.28. The highest BCUT2D eigenvalue weighted by atomic mass is 32.2. The number of esters is 1. The molecule has 0 aliphatic carbocycles. The molecule has 124 valence electrons. The van der Waals surface area contributed by atoms with E-state index < -0.39 is 29.1 Å². The van der Waals surface area contributed by atoms with Crippen molar-refractivity contribution < 1.29 is 23.6 Å². The van der Waals surface area contributed by atoms with E-state index in [1.807, 2.05) is 0 Å². The van der Waals surface area contributed by atoms with Crippen molar-refractivity contribution in [1.82, 2.24) is 0 Å². The van der Waals surface area contributed by atoms with Crippen LogP contribution in [-0.2, 0) is 9.53 Å². The number of nitro benzene ring substituents is 1. The van der Waals surface area contributed by atoms with Crippen molar-refractivity contribution in [3.05, 3.63) is 70.0 Å². The summed E-state index contributed by atoms with van der Waals surface area (Å²) in [4.78, 5) is 34.1. The molecule has 0 heterocycles. The van der Waals surface area contributed by atoms with Crippen LogP contribution in [0.4, 0.5) is 10.1 Å². The SMILES string of the molecule is O=C(CSc1ccccc1[N+](=O)[O-])OCC(=O)c1cccc(F)c1. The molecule has 0 N–H and O–H groups in total. The summed E-state index contributed by atoms with van der Waals surface area (Å²) in [6.45, 7) is -0.514. The van der Waals surface area contributed by atoms with Crippen LogP contribution in [-0.4, -0.2) is 29.0 Å². The molecule has 2 aromatic carbocycles. The second kappa shape index (κ2) is 8.21. The molecule has 0 amide bonds. The van der Waals surface area contributed by atoms with Crippen LogP contribution in [0.1, 0.15) is 10.4 Å². The number of nitro groups is 1. The van der Waals surface area contributed by atoms with Gasteiger partial charge in [-0.1, -0.05) is 24.3 Å². The first kappa shape index (κ1) is 17.6. The van der Waals surface area contributed by atoms with Crippen molar-refractivity contribution in [3.63, 3.8) is 0 Å². The quantitative estimate of drug-likeness (QED) is 0.251. The molecule has 8 heteroatoms. The summed E-state index contributed by atoms with van der Waals surface area (Å²) in [6, 6.07) is 11.1. The number of thioether (sulfide) groups is 1. The van der Waals surface area contributed by atoms with E-state index in [4.69, 9.17) is 4.74 Å². The summed E-state index contributed by atoms with van der Waals surface area (Å²) in [6.07, 6.45) is 0. The fourth-order valence-corrected chi connectivity index (χ4v) is 2.62. The lowest BCUT2D eigenvalue weighted by Gasteiger charge is -2.05. The van der Waals surface area contributed by atoms with Crippen LogP contribution in [0.5, 0.6) is 0 Å². The molecule has 0 bridgehead atoms. The van der Waals surface area contributed by atoms with Crippen molar-refractivity contribution in [2.45, 2.75) is 4.90 Å². The number of nitrogens with zero attached hydrogens (tertiary/aromatic N) is 1. The smallest absolute Gasteiger partial charge is 0.316 e. The van der Waals surface area contributed by atoms with Crippen molar-refractivity contribution >= 4 is 29.2 Å². The third-order valence-corrected chi connectivity index (χ3v) is 3.95. The second-order valence-electron chi connectivity index (χ2n) is 4.61. The number of hydrogen-bond acceptors (Lipinski definition) is 6. The Bertz CT molecular complexity index is 781. The van der Waals surface area contributed by atoms with Gasteiger partial charge in [-0.25, -0.2) is 4.39 Å². The molecule has 0 aliphatic heterocycles. The van der Waals surface area contributed by atoms with Gasteiger partial charge in [0.05, 0.1) is 15.6 Å². The summed E-state index contributed by atoms with van der Waals surface area (Å²) < 4.78 is 17.8. The number of hydrogen-bond donors (Lipinski definition) is 0. The molecule has 6 nitrogen and oxygen atoms in total. The summed E-state index contributed by atoms with van der Waals surface area (Å²) in [5.74, 6) is -1.96. The molecule has 0 saturated heterocycles. The van der Waals surface area contributed by atoms with Crippen molar-refractivity contribution in [2.24, 2.45) is 0 Å². The predicted molar refractivity (Wildman–Crippen MR) is 85.5 cm³/mol. The maximum absolute atomic E-state index is 13.0. The standard InChI is InChI=1S/C16H12FNO5S/c17-12-5-3-4-11(8-12)14(19)9-23-16(20)10-24-15-7-2-1-6-13(15)18(21)22/h1-8H,9-10H2. The van der Waals surface area contributed by atoms with Gasteiger partial charge in [-0.05, 0) is 18.2 Å². The van der Waals surface area contributed by atoms with E-state index in [0.717, 1.165) is 17.8 Å². The normalized spacial score (nSPS) is 10.2. The van der Waals surface area contributed by atoms with Gasteiger partial charge < -0.3 is 4.74 Å². The minimum absolute atomic E-state index is 0.105. The second-order valence-corrected chi connectivity index (χ2v) is 5.62. The van der Waals surface area contributed by atoms with Gasteiger partial charge in [0.2, 0.25) is 0 Å². The molecule has 0 radical (unpaired) electrons. The molecule has 0 fully saturated rings. The Morgan fingerprint density at radius 3 is 2.62 bits per heavy atom. The minimum Gasteiger partial charge on any atom is -0.457 e. The number of para-hydroxylation sites is 1. The van der Waals surface area contributed by atoms with Gasteiger partial charge in [-0.3, -0.25) is 19.7 Å². The third kappa shape index (κ3) is 4.88. The van der Waals surface area contributed by atoms with E-state index in [2.05, 4.69) is 0 Å². The Morgan fingerprint density at radius 1 is 1.17 bits per heavy atom. The van der Waals surface area contributed by atoms with Gasteiger partial charge in [0.1, 0.15) is 5.82 Å². The lowest BCUT2D eigenvalue weighted by atomic mass is 10.1. The van der Waals surface area contributed by atoms with Crippen LogP contribution in [0, 0.1) is 15.9 Å². The molecule has 2 aromatic rings. The first-order valence-corrected chi connectivity index (χ1v) is 7.76. The maximum Gasteiger partial charge on any atom is 0.316 e. The molecule has 0 unspecified atom stereocenters. The summed E-state index contributed by atoms with van der Waals surface area (Å²) in [7, 11) is 0. The molecular formula is C16H12FNO5S. The zero-order valence-corrected chi connectivity index (χ0v) is 13.1. The van der Waals surface area contributed by atoms with E-state index in [-0.39, 0.29) is 17.0 Å². The van der Waals surface area contributed by atoms with Gasteiger partial charge in [-0.2, -0.15) is 0 Å². The molecule has 0 spiro atoms. The summed E-state index contributed by atoms with van der Waals surface area (Å²) in [5.41, 5.74) is 0.000266. The van der Waals surface area contributed by atoms with E-state index in [9.17, 15) is 24.1 Å². The van der Waals surface area contributed by atoms with E-state index in [1.54, 1.807) is 6.07 Å². The van der Waals surface area contributed by atoms with E-state index >= 15 is 0 Å². The molecule has 0 aliphatic rings. The van der Waals surface area contributed by atoms with Crippen LogP contribution in [0.25, 0.3) is 0 Å². The molecule has 0 aromatic heterocycles. The van der Waals surface area contributed by atoms with Gasteiger partial charge in [0, 0.05) is 11.6 Å². The Morgan fingerprint density at radius 2 is 1.92 bits per heavy atom. The number of halogens is 1. The van der Waals surface area contributed by atoms with Gasteiger partial charge >= 0.3 is 5.97 Å². The van der Waals surface area contributed by atoms with Crippen molar-refractivity contribution in [2.75, 3.05) is 12.4 Å². The van der Waals surface area contributed by atoms with Crippen LogP contribution in [0.3, 0.4) is 0 Å². The van der Waals surface area contributed by atoms with E-state index in [0.29, 0.717) is 4.90 Å². The lowest BCUT2D eigenvalue weighted by Crippen LogP contribution is -2.15. The number of Topliss-reactive ketones (excluding diaryl/α,β-unsaturated/α-hetero) is 1. The maximum atomic E-state index is 13.0. The predicted octanol–water partition coefficient (Wildman–Crippen LogP) is 3.25. The largest absolute Gasteiger partial charge is 0.457 e. The van der Waals surface area contributed by atoms with Crippen molar-refractivity contribution in [1.29, 1.82) is 0 Å². The highest BCUT2D eigenvalue weighted by molar-refractivity contribution is 8.00. The van der Waals surface area contributed by atoms with Crippen LogP contribution in [0.2, 0.25) is 0 Å². The van der Waals surface area contributed by atoms with Crippen LogP contribution in [0.15, 0.2) is 53.4 Å². The number of ketones is 1. The summed E-state index contributed by atoms with van der Waals surface area (Å²) in [5, 5.41) is 10.9. The van der Waals surface area contributed by atoms with Crippen molar-refractivity contribution in [3.8, 4) is 0 Å². The van der Waals surface area contributed by atoms with E-state index in [1.165, 1.54) is 36.4 Å². The Balaban J connectivity index is 1.86. The fourth-order valence-electron chi connectivity index (χ4n) is 1.80. The molecule has 0 saturated carbocycles. The van der Waals surface area contributed by atoms with Gasteiger partial charge in [-0.15, -0.1) is 11.8 Å². The van der Waals surface area contributed by atoms with Crippen LogP contribution < -0.4 is 0 Å². The van der Waals surface area contributed by atoms with Gasteiger partial charge in [0.15, 0.2) is 12.4 Å². The minimum atomic E-state index is -0.692. The first-order valence-electron chi connectivity index (χ1n) is 6.78. The number of carbonyl (C=O) groups excluding carboxylic acids is 2. The molecule has 24 heavy (non-hydrogen) atoms. The molecule has 0 atom stereocenters. The number of rotatable bonds is 7. The average molecular weight is 349 g/mol. The number of carbonyl (C=O) groups is 2. The third-order valence-electron chi connectivity index (χ3n) is 2.92.